The fourth-order valence-corrected chi connectivity index (χ4v) is 2.80. The lowest BCUT2D eigenvalue weighted by molar-refractivity contribution is -0.135. The van der Waals surface area contributed by atoms with E-state index in [1.165, 1.54) is 0 Å². The summed E-state index contributed by atoms with van der Waals surface area (Å²) in [4.78, 5) is 28.3. The maximum Gasteiger partial charge on any atom is 0.410 e. The minimum Gasteiger partial charge on any atom is -0.444 e. The van der Waals surface area contributed by atoms with E-state index < -0.39 is 11.6 Å². The summed E-state index contributed by atoms with van der Waals surface area (Å²) in [7, 11) is 0. The molecule has 134 valence electrons. The number of piperidine rings is 1. The van der Waals surface area contributed by atoms with Gasteiger partial charge in [0.05, 0.1) is 12.1 Å². The summed E-state index contributed by atoms with van der Waals surface area (Å²) < 4.78 is 5.52. The predicted octanol–water partition coefficient (Wildman–Crippen LogP) is 2.36. The number of carbonyl (C=O) groups is 2. The Hall–Kier alpha value is -1.30. The van der Waals surface area contributed by atoms with E-state index in [9.17, 15) is 9.59 Å². The van der Waals surface area contributed by atoms with Gasteiger partial charge in [0, 0.05) is 19.1 Å². The zero-order chi connectivity index (χ0) is 17.8. The number of amides is 2. The van der Waals surface area contributed by atoms with Gasteiger partial charge in [-0.05, 0) is 60.8 Å². The van der Waals surface area contributed by atoms with E-state index in [1.807, 2.05) is 34.6 Å². The third kappa shape index (κ3) is 6.01. The van der Waals surface area contributed by atoms with Crippen molar-refractivity contribution in [3.05, 3.63) is 0 Å². The Kier molecular flexibility index (Phi) is 6.86. The zero-order valence-electron chi connectivity index (χ0n) is 15.5. The number of ether oxygens (including phenoxy) is 1. The molecule has 0 radical (unpaired) electrons. The quantitative estimate of drug-likeness (QED) is 0.860. The molecule has 6 nitrogen and oxygen atoms in total. The summed E-state index contributed by atoms with van der Waals surface area (Å²) in [6, 6.07) is -0.490. The second-order valence-corrected chi connectivity index (χ2v) is 7.70. The van der Waals surface area contributed by atoms with Crippen LogP contribution in [0.4, 0.5) is 4.79 Å². The lowest BCUT2D eigenvalue weighted by Gasteiger charge is -2.40. The normalized spacial score (nSPS) is 20.3. The van der Waals surface area contributed by atoms with E-state index in [0.717, 1.165) is 19.3 Å². The van der Waals surface area contributed by atoms with Gasteiger partial charge in [-0.3, -0.25) is 4.79 Å². The number of nitrogens with zero attached hydrogens (tertiary/aromatic N) is 2. The maximum absolute atomic E-state index is 12.5. The first-order valence-electron chi connectivity index (χ1n) is 8.58. The first kappa shape index (κ1) is 19.7. The molecule has 23 heavy (non-hydrogen) atoms. The standard InChI is InChI=1S/C17H33N3O3/c1-12(2)20(15(21)13(3)18)11-14-9-7-8-10-19(14)16(22)23-17(4,5)6/h12-14H,7-11,18H2,1-6H3/t13-,14+/m0/s1. The molecule has 0 saturated carbocycles. The predicted molar refractivity (Wildman–Crippen MR) is 91.1 cm³/mol. The first-order chi connectivity index (χ1) is 10.5. The molecule has 1 saturated heterocycles. The zero-order valence-corrected chi connectivity index (χ0v) is 15.5. The van der Waals surface area contributed by atoms with Crippen molar-refractivity contribution in [1.82, 2.24) is 9.80 Å². The molecule has 0 unspecified atom stereocenters. The van der Waals surface area contributed by atoms with Crippen molar-refractivity contribution in [2.24, 2.45) is 5.73 Å². The molecule has 0 aromatic carbocycles. The van der Waals surface area contributed by atoms with Gasteiger partial charge in [-0.1, -0.05) is 0 Å². The number of hydrogen-bond donors (Lipinski definition) is 1. The molecule has 1 aliphatic rings. The third-order valence-corrected chi connectivity index (χ3v) is 3.96. The van der Waals surface area contributed by atoms with Gasteiger partial charge < -0.3 is 20.3 Å². The molecule has 1 heterocycles. The molecule has 2 N–H and O–H groups in total. The Bertz CT molecular complexity index is 416. The Morgan fingerprint density at radius 3 is 2.35 bits per heavy atom. The van der Waals surface area contributed by atoms with Gasteiger partial charge in [-0.15, -0.1) is 0 Å². The van der Waals surface area contributed by atoms with Crippen LogP contribution in [-0.4, -0.2) is 58.6 Å². The molecule has 0 aliphatic carbocycles. The highest BCUT2D eigenvalue weighted by molar-refractivity contribution is 5.81. The third-order valence-electron chi connectivity index (χ3n) is 3.96. The van der Waals surface area contributed by atoms with Crippen LogP contribution in [0.2, 0.25) is 0 Å². The maximum atomic E-state index is 12.5. The van der Waals surface area contributed by atoms with Crippen LogP contribution >= 0.6 is 0 Å². The summed E-state index contributed by atoms with van der Waals surface area (Å²) in [5.74, 6) is -0.0743. The lowest BCUT2D eigenvalue weighted by atomic mass is 10.0. The fourth-order valence-electron chi connectivity index (χ4n) is 2.80. The SMILES string of the molecule is CC(C)N(C[C@H]1CCCCN1C(=O)OC(C)(C)C)C(=O)[C@H](C)N. The van der Waals surface area contributed by atoms with Gasteiger partial charge in [-0.25, -0.2) is 4.79 Å². The summed E-state index contributed by atoms with van der Waals surface area (Å²) in [5.41, 5.74) is 5.25. The van der Waals surface area contributed by atoms with Gasteiger partial charge >= 0.3 is 6.09 Å². The van der Waals surface area contributed by atoms with Crippen LogP contribution in [-0.2, 0) is 9.53 Å². The second-order valence-electron chi connectivity index (χ2n) is 7.70. The number of nitrogens with two attached hydrogens (primary N) is 1. The van der Waals surface area contributed by atoms with Crippen molar-refractivity contribution in [2.75, 3.05) is 13.1 Å². The van der Waals surface area contributed by atoms with Gasteiger partial charge in [-0.2, -0.15) is 0 Å². The number of likely N-dealkylation sites (tertiary alicyclic amines) is 1. The molecular weight excluding hydrogens is 294 g/mol. The average molecular weight is 327 g/mol. The Morgan fingerprint density at radius 1 is 1.26 bits per heavy atom. The number of rotatable bonds is 4. The molecule has 1 fully saturated rings. The largest absolute Gasteiger partial charge is 0.444 e. The van der Waals surface area contributed by atoms with Crippen molar-refractivity contribution in [1.29, 1.82) is 0 Å². The topological polar surface area (TPSA) is 75.9 Å². The van der Waals surface area contributed by atoms with Crippen molar-refractivity contribution < 1.29 is 14.3 Å². The molecule has 2 atom stereocenters. The summed E-state index contributed by atoms with van der Waals surface area (Å²) in [6.45, 7) is 12.4. The Balaban J connectivity index is 2.84. The Labute approximate surface area is 140 Å². The van der Waals surface area contributed by atoms with Crippen molar-refractivity contribution in [3.8, 4) is 0 Å². The van der Waals surface area contributed by atoms with Crippen LogP contribution < -0.4 is 5.73 Å². The number of carbonyl (C=O) groups excluding carboxylic acids is 2. The van der Waals surface area contributed by atoms with Crippen molar-refractivity contribution in [2.45, 2.75) is 84.5 Å². The monoisotopic (exact) mass is 327 g/mol. The van der Waals surface area contributed by atoms with Crippen LogP contribution in [0, 0.1) is 0 Å². The van der Waals surface area contributed by atoms with E-state index >= 15 is 0 Å². The molecule has 0 bridgehead atoms. The van der Waals surface area contributed by atoms with E-state index in [0.29, 0.717) is 13.1 Å². The van der Waals surface area contributed by atoms with E-state index in [2.05, 4.69) is 0 Å². The van der Waals surface area contributed by atoms with E-state index in [4.69, 9.17) is 10.5 Å². The molecule has 1 aliphatic heterocycles. The lowest BCUT2D eigenvalue weighted by Crippen LogP contribution is -2.55. The van der Waals surface area contributed by atoms with Crippen LogP contribution in [0.25, 0.3) is 0 Å². The fraction of sp³-hybridized carbons (Fsp3) is 0.882. The summed E-state index contributed by atoms with van der Waals surface area (Å²) in [5, 5.41) is 0. The van der Waals surface area contributed by atoms with Crippen LogP contribution in [0.15, 0.2) is 0 Å². The van der Waals surface area contributed by atoms with E-state index in [-0.39, 0.29) is 24.1 Å². The summed E-state index contributed by atoms with van der Waals surface area (Å²) in [6.07, 6.45) is 2.62. The minimum atomic E-state index is -0.532. The summed E-state index contributed by atoms with van der Waals surface area (Å²) >= 11 is 0. The van der Waals surface area contributed by atoms with Gasteiger partial charge in [0.15, 0.2) is 0 Å². The highest BCUT2D eigenvalue weighted by atomic mass is 16.6. The van der Waals surface area contributed by atoms with Gasteiger partial charge in [0.1, 0.15) is 5.60 Å². The van der Waals surface area contributed by atoms with Crippen LogP contribution in [0.3, 0.4) is 0 Å². The van der Waals surface area contributed by atoms with Crippen molar-refractivity contribution >= 4 is 12.0 Å². The van der Waals surface area contributed by atoms with Crippen LogP contribution in [0.1, 0.15) is 60.8 Å². The first-order valence-corrected chi connectivity index (χ1v) is 8.58. The average Bonchev–Trinajstić information content (AvgIpc) is 2.42. The van der Waals surface area contributed by atoms with Crippen molar-refractivity contribution in [3.63, 3.8) is 0 Å². The molecule has 6 heteroatoms. The molecule has 0 aromatic heterocycles. The minimum absolute atomic E-state index is 0.0105. The second kappa shape index (κ2) is 7.99. The highest BCUT2D eigenvalue weighted by Crippen LogP contribution is 2.22. The number of hydrogen-bond acceptors (Lipinski definition) is 4. The van der Waals surface area contributed by atoms with E-state index in [1.54, 1.807) is 16.7 Å². The molecular formula is C17H33N3O3. The Morgan fingerprint density at radius 2 is 1.87 bits per heavy atom. The molecule has 0 aromatic rings. The molecule has 2 amide bonds. The van der Waals surface area contributed by atoms with Gasteiger partial charge in [0.2, 0.25) is 5.91 Å². The molecule has 0 spiro atoms. The highest BCUT2D eigenvalue weighted by Gasteiger charge is 2.33. The smallest absolute Gasteiger partial charge is 0.410 e. The van der Waals surface area contributed by atoms with Crippen LogP contribution in [0.5, 0.6) is 0 Å². The molecule has 1 rings (SSSR count). The van der Waals surface area contributed by atoms with Gasteiger partial charge in [0.25, 0.3) is 0 Å².